The number of imidazole rings is 1. The van der Waals surface area contributed by atoms with E-state index in [9.17, 15) is 10.1 Å². The molecule has 9 nitrogen and oxygen atoms in total. The molecule has 4 heterocycles. The summed E-state index contributed by atoms with van der Waals surface area (Å²) in [5.41, 5.74) is 5.56. The Morgan fingerprint density at radius 3 is 2.79 bits per heavy atom. The van der Waals surface area contributed by atoms with Crippen LogP contribution in [0.15, 0.2) is 64.1 Å². The SMILES string of the molecule is CCN1CCC[C@@H](COc2nc(-c3ccc(C#N)cc3)c(-c3ccc4c(c3)oc(=O)n4C)c3nccn23)C1. The first-order chi connectivity index (χ1) is 18.6. The van der Waals surface area contributed by atoms with E-state index in [-0.39, 0.29) is 0 Å². The highest BCUT2D eigenvalue weighted by Gasteiger charge is 2.23. The van der Waals surface area contributed by atoms with Crippen LogP contribution in [0.4, 0.5) is 0 Å². The number of aromatic nitrogens is 4. The van der Waals surface area contributed by atoms with Gasteiger partial charge < -0.3 is 14.1 Å². The molecule has 0 radical (unpaired) electrons. The van der Waals surface area contributed by atoms with Gasteiger partial charge in [-0.3, -0.25) is 8.97 Å². The lowest BCUT2D eigenvalue weighted by atomic mass is 9.99. The number of nitriles is 1. The number of benzene rings is 2. The number of rotatable bonds is 6. The Kier molecular flexibility index (Phi) is 6.18. The van der Waals surface area contributed by atoms with Gasteiger partial charge in [0.25, 0.3) is 0 Å². The second kappa shape index (κ2) is 9.80. The third-order valence-corrected chi connectivity index (χ3v) is 7.38. The summed E-state index contributed by atoms with van der Waals surface area (Å²) in [4.78, 5) is 24.3. The van der Waals surface area contributed by atoms with Crippen molar-refractivity contribution in [1.29, 1.82) is 5.26 Å². The summed E-state index contributed by atoms with van der Waals surface area (Å²) < 4.78 is 15.2. The zero-order valence-electron chi connectivity index (χ0n) is 21.4. The van der Waals surface area contributed by atoms with Crippen LogP contribution in [0.25, 0.3) is 39.1 Å². The maximum absolute atomic E-state index is 12.1. The standard InChI is InChI=1S/C29H28N6O3/c1-3-34-13-4-5-20(17-34)18-37-28-32-26(21-8-6-19(16-30)7-9-21)25(27-31-12-14-35(27)28)22-10-11-23-24(15-22)38-29(36)33(23)2/h6-12,14-15,20H,3-5,13,17-18H2,1-2H3/t20-/m1/s1. The van der Waals surface area contributed by atoms with Crippen molar-refractivity contribution < 1.29 is 9.15 Å². The lowest BCUT2D eigenvalue weighted by molar-refractivity contribution is 0.129. The average Bonchev–Trinajstić information content (AvgIpc) is 3.55. The Morgan fingerprint density at radius 2 is 2.00 bits per heavy atom. The minimum absolute atomic E-state index is 0.415. The number of piperidine rings is 1. The van der Waals surface area contributed by atoms with Crippen molar-refractivity contribution in [2.45, 2.75) is 19.8 Å². The first kappa shape index (κ1) is 23.9. The topological polar surface area (TPSA) is 102 Å². The molecule has 2 aromatic carbocycles. The zero-order chi connectivity index (χ0) is 26.2. The number of hydrogen-bond acceptors (Lipinski definition) is 7. The van der Waals surface area contributed by atoms with Crippen LogP contribution in [0.2, 0.25) is 0 Å². The normalized spacial score (nSPS) is 16.2. The predicted octanol–water partition coefficient (Wildman–Crippen LogP) is 4.49. The van der Waals surface area contributed by atoms with E-state index >= 15 is 0 Å². The van der Waals surface area contributed by atoms with Crippen LogP contribution in [-0.4, -0.2) is 50.1 Å². The van der Waals surface area contributed by atoms with E-state index in [1.165, 1.54) is 11.0 Å². The molecule has 1 atom stereocenters. The van der Waals surface area contributed by atoms with Gasteiger partial charge in [-0.05, 0) is 55.8 Å². The van der Waals surface area contributed by atoms with Gasteiger partial charge in [-0.1, -0.05) is 25.1 Å². The minimum Gasteiger partial charge on any atom is -0.464 e. The molecular weight excluding hydrogens is 480 g/mol. The smallest absolute Gasteiger partial charge is 0.419 e. The fourth-order valence-corrected chi connectivity index (χ4v) is 5.29. The second-order valence-electron chi connectivity index (χ2n) is 9.75. The average molecular weight is 509 g/mol. The largest absolute Gasteiger partial charge is 0.464 e. The number of likely N-dealkylation sites (tertiary alicyclic amines) is 1. The molecule has 9 heteroatoms. The van der Waals surface area contributed by atoms with Crippen molar-refractivity contribution in [2.24, 2.45) is 13.0 Å². The molecule has 0 aliphatic carbocycles. The van der Waals surface area contributed by atoms with Crippen molar-refractivity contribution in [1.82, 2.24) is 23.8 Å². The molecule has 0 spiro atoms. The summed E-state index contributed by atoms with van der Waals surface area (Å²) in [5, 5.41) is 9.30. The Morgan fingerprint density at radius 1 is 1.18 bits per heavy atom. The first-order valence-electron chi connectivity index (χ1n) is 12.9. The number of oxazole rings is 1. The van der Waals surface area contributed by atoms with Gasteiger partial charge in [-0.15, -0.1) is 0 Å². The quantitative estimate of drug-likeness (QED) is 0.333. The second-order valence-corrected chi connectivity index (χ2v) is 9.75. The fourth-order valence-electron chi connectivity index (χ4n) is 5.29. The molecule has 0 bridgehead atoms. The van der Waals surface area contributed by atoms with Gasteiger partial charge in [0.05, 0.1) is 35.0 Å². The van der Waals surface area contributed by atoms with Crippen molar-refractivity contribution in [3.8, 4) is 34.5 Å². The van der Waals surface area contributed by atoms with Gasteiger partial charge in [0.15, 0.2) is 11.2 Å². The molecule has 1 aliphatic heterocycles. The first-order valence-corrected chi connectivity index (χ1v) is 12.9. The van der Waals surface area contributed by atoms with Gasteiger partial charge in [0, 0.05) is 37.5 Å². The molecule has 1 fully saturated rings. The van der Waals surface area contributed by atoms with E-state index in [1.807, 2.05) is 40.9 Å². The van der Waals surface area contributed by atoms with Gasteiger partial charge in [-0.2, -0.15) is 10.2 Å². The van der Waals surface area contributed by atoms with Crippen LogP contribution < -0.4 is 10.5 Å². The van der Waals surface area contributed by atoms with E-state index in [2.05, 4.69) is 22.9 Å². The van der Waals surface area contributed by atoms with E-state index in [0.29, 0.717) is 46.5 Å². The molecule has 0 N–H and O–H groups in total. The Labute approximate surface area is 219 Å². The molecule has 1 saturated heterocycles. The highest BCUT2D eigenvalue weighted by molar-refractivity contribution is 5.93. The summed E-state index contributed by atoms with van der Waals surface area (Å²) in [7, 11) is 1.68. The van der Waals surface area contributed by atoms with Crippen molar-refractivity contribution in [2.75, 3.05) is 26.2 Å². The molecule has 1 aliphatic rings. The monoisotopic (exact) mass is 508 g/mol. The van der Waals surface area contributed by atoms with Gasteiger partial charge in [0.1, 0.15) is 0 Å². The van der Waals surface area contributed by atoms with Crippen molar-refractivity contribution >= 4 is 16.7 Å². The predicted molar refractivity (Wildman–Crippen MR) is 144 cm³/mol. The van der Waals surface area contributed by atoms with Crippen LogP contribution in [0.3, 0.4) is 0 Å². The summed E-state index contributed by atoms with van der Waals surface area (Å²) >= 11 is 0. The summed E-state index contributed by atoms with van der Waals surface area (Å²) in [6.07, 6.45) is 5.89. The number of aryl methyl sites for hydroxylation is 1. The lowest BCUT2D eigenvalue weighted by Gasteiger charge is -2.31. The van der Waals surface area contributed by atoms with Crippen molar-refractivity contribution in [3.05, 3.63) is 71.0 Å². The van der Waals surface area contributed by atoms with Crippen LogP contribution in [-0.2, 0) is 7.05 Å². The minimum atomic E-state index is -0.415. The third kappa shape index (κ3) is 4.23. The summed E-state index contributed by atoms with van der Waals surface area (Å²) in [6.45, 7) is 5.97. The van der Waals surface area contributed by atoms with Crippen LogP contribution in [0.5, 0.6) is 6.01 Å². The molecule has 0 unspecified atom stereocenters. The number of ether oxygens (including phenoxy) is 1. The molecular formula is C29H28N6O3. The van der Waals surface area contributed by atoms with Crippen molar-refractivity contribution in [3.63, 3.8) is 0 Å². The van der Waals surface area contributed by atoms with Gasteiger partial charge >= 0.3 is 11.8 Å². The fraction of sp³-hybridized carbons (Fsp3) is 0.310. The van der Waals surface area contributed by atoms with E-state index in [0.717, 1.165) is 42.7 Å². The Bertz CT molecular complexity index is 1720. The Balaban J connectivity index is 1.48. The van der Waals surface area contributed by atoms with E-state index in [1.54, 1.807) is 25.4 Å². The third-order valence-electron chi connectivity index (χ3n) is 7.38. The molecule has 192 valence electrons. The lowest BCUT2D eigenvalue weighted by Crippen LogP contribution is -2.37. The number of fused-ring (bicyclic) bond motifs is 2. The molecule has 0 saturated carbocycles. The van der Waals surface area contributed by atoms with Crippen LogP contribution in [0.1, 0.15) is 25.3 Å². The maximum atomic E-state index is 12.1. The molecule has 0 amide bonds. The molecule has 3 aromatic heterocycles. The van der Waals surface area contributed by atoms with Gasteiger partial charge in [0.2, 0.25) is 0 Å². The van der Waals surface area contributed by atoms with Crippen LogP contribution >= 0.6 is 0 Å². The number of hydrogen-bond donors (Lipinski definition) is 0. The van der Waals surface area contributed by atoms with E-state index < -0.39 is 5.76 Å². The van der Waals surface area contributed by atoms with Gasteiger partial charge in [-0.25, -0.2) is 9.78 Å². The zero-order valence-corrected chi connectivity index (χ0v) is 21.4. The number of nitrogens with zero attached hydrogens (tertiary/aromatic N) is 6. The van der Waals surface area contributed by atoms with E-state index in [4.69, 9.17) is 14.1 Å². The summed E-state index contributed by atoms with van der Waals surface area (Å²) in [6, 6.07) is 15.6. The molecule has 5 aromatic rings. The summed E-state index contributed by atoms with van der Waals surface area (Å²) in [5.74, 6) is 0.0205. The molecule has 38 heavy (non-hydrogen) atoms. The highest BCUT2D eigenvalue weighted by atomic mass is 16.5. The maximum Gasteiger partial charge on any atom is 0.419 e. The Hall–Kier alpha value is -4.42. The highest BCUT2D eigenvalue weighted by Crippen LogP contribution is 2.37. The van der Waals surface area contributed by atoms with Crippen LogP contribution in [0, 0.1) is 17.2 Å². The molecule has 6 rings (SSSR count).